The maximum Gasteiger partial charge on any atom is 0.155 e. The van der Waals surface area contributed by atoms with Crippen molar-refractivity contribution in [2.24, 2.45) is 0 Å². The average Bonchev–Trinajstić information content (AvgIpc) is 3.05. The summed E-state index contributed by atoms with van der Waals surface area (Å²) in [6.45, 7) is 0.912. The van der Waals surface area contributed by atoms with Crippen LogP contribution in [0.2, 0.25) is 5.02 Å². The van der Waals surface area contributed by atoms with Gasteiger partial charge < -0.3 is 25.0 Å². The Bertz CT molecular complexity index is 909. The number of aliphatic hydroxyl groups is 1. The lowest BCUT2D eigenvalue weighted by molar-refractivity contribution is -0.0137. The van der Waals surface area contributed by atoms with E-state index in [1.54, 1.807) is 12.1 Å². The van der Waals surface area contributed by atoms with Gasteiger partial charge in [0.2, 0.25) is 0 Å². The van der Waals surface area contributed by atoms with Gasteiger partial charge in [0.25, 0.3) is 0 Å². The van der Waals surface area contributed by atoms with Crippen LogP contribution in [-0.4, -0.2) is 51.9 Å². The molecule has 1 aromatic carbocycles. The molecule has 0 spiro atoms. The molecule has 0 amide bonds. The van der Waals surface area contributed by atoms with Crippen molar-refractivity contribution in [1.29, 1.82) is 0 Å². The maximum atomic E-state index is 10.4. The van der Waals surface area contributed by atoms with Gasteiger partial charge in [0.15, 0.2) is 5.82 Å². The van der Waals surface area contributed by atoms with Crippen molar-refractivity contribution in [3.05, 3.63) is 34.3 Å². The first-order valence-corrected chi connectivity index (χ1v) is 10.0. The number of rotatable bonds is 3. The lowest BCUT2D eigenvalue weighted by Crippen LogP contribution is -2.42. The molecule has 148 valence electrons. The summed E-state index contributed by atoms with van der Waals surface area (Å²) in [6, 6.07) is 4.89. The molecule has 4 atom stereocenters. The molecule has 2 aromatic rings. The Labute approximate surface area is 167 Å². The molecule has 8 heteroatoms. The fourth-order valence-electron chi connectivity index (χ4n) is 4.43. The SMILES string of the molecule is Oc1cc(Cl)ccc1-c1nnc(N[C@@H]2CCOC[C@H]2O)c2c1C[C@H]1CC[C@@H]2O1. The second-order valence-corrected chi connectivity index (χ2v) is 8.10. The van der Waals surface area contributed by atoms with Crippen molar-refractivity contribution in [2.45, 2.75) is 50.0 Å². The molecular formula is C20H22ClN3O4. The van der Waals surface area contributed by atoms with Gasteiger partial charge in [-0.15, -0.1) is 10.2 Å². The van der Waals surface area contributed by atoms with Crippen LogP contribution < -0.4 is 5.32 Å². The van der Waals surface area contributed by atoms with Gasteiger partial charge in [-0.2, -0.15) is 0 Å². The molecule has 0 aliphatic carbocycles. The number of phenols is 1. The fraction of sp³-hybridized carbons (Fsp3) is 0.500. The van der Waals surface area contributed by atoms with Gasteiger partial charge in [-0.1, -0.05) is 11.6 Å². The predicted octanol–water partition coefficient (Wildman–Crippen LogP) is 2.84. The van der Waals surface area contributed by atoms with Gasteiger partial charge in [-0.3, -0.25) is 0 Å². The van der Waals surface area contributed by atoms with Gasteiger partial charge in [-0.25, -0.2) is 0 Å². The van der Waals surface area contributed by atoms with Crippen LogP contribution in [0.25, 0.3) is 11.3 Å². The topological polar surface area (TPSA) is 96.7 Å². The zero-order valence-electron chi connectivity index (χ0n) is 15.3. The summed E-state index contributed by atoms with van der Waals surface area (Å²) >= 11 is 5.99. The van der Waals surface area contributed by atoms with Gasteiger partial charge in [0.05, 0.1) is 31.0 Å². The molecule has 2 fully saturated rings. The van der Waals surface area contributed by atoms with Crippen LogP contribution in [0.3, 0.4) is 0 Å². The molecule has 3 N–H and O–H groups in total. The van der Waals surface area contributed by atoms with Crippen molar-refractivity contribution in [2.75, 3.05) is 18.5 Å². The van der Waals surface area contributed by atoms with Crippen molar-refractivity contribution in [3.63, 3.8) is 0 Å². The van der Waals surface area contributed by atoms with Crippen LogP contribution >= 0.6 is 11.6 Å². The third-order valence-corrected chi connectivity index (χ3v) is 6.08. The Balaban J connectivity index is 1.59. The molecular weight excluding hydrogens is 382 g/mol. The number of aromatic hydroxyl groups is 1. The number of ether oxygens (including phenoxy) is 2. The molecule has 0 radical (unpaired) electrons. The Hall–Kier alpha value is -1.93. The number of hydrogen-bond donors (Lipinski definition) is 3. The fourth-order valence-corrected chi connectivity index (χ4v) is 4.60. The maximum absolute atomic E-state index is 10.4. The first-order chi connectivity index (χ1) is 13.6. The van der Waals surface area contributed by atoms with E-state index in [1.165, 1.54) is 6.07 Å². The monoisotopic (exact) mass is 403 g/mol. The van der Waals surface area contributed by atoms with Crippen molar-refractivity contribution < 1.29 is 19.7 Å². The van der Waals surface area contributed by atoms with Crippen LogP contribution in [0.5, 0.6) is 5.75 Å². The van der Waals surface area contributed by atoms with E-state index < -0.39 is 6.10 Å². The van der Waals surface area contributed by atoms with Crippen LogP contribution in [-0.2, 0) is 15.9 Å². The van der Waals surface area contributed by atoms with E-state index in [2.05, 4.69) is 15.5 Å². The summed E-state index contributed by atoms with van der Waals surface area (Å²) in [5.41, 5.74) is 3.33. The molecule has 5 rings (SSSR count). The van der Waals surface area contributed by atoms with E-state index in [9.17, 15) is 10.2 Å². The van der Waals surface area contributed by atoms with Crippen LogP contribution in [0.15, 0.2) is 18.2 Å². The number of hydrogen-bond acceptors (Lipinski definition) is 7. The minimum Gasteiger partial charge on any atom is -0.507 e. The molecule has 4 heterocycles. The molecule has 0 saturated carbocycles. The quantitative estimate of drug-likeness (QED) is 0.725. The van der Waals surface area contributed by atoms with Gasteiger partial charge in [0, 0.05) is 29.2 Å². The number of halogens is 1. The average molecular weight is 404 g/mol. The molecule has 0 unspecified atom stereocenters. The standard InChI is InChI=1S/C20H22ClN3O4/c21-10-1-3-12(15(25)7-10)19-13-8-11-2-4-17(28-11)18(13)20(24-23-19)22-14-5-6-27-9-16(14)26/h1,3,7,11,14,16-17,25-26H,2,4-6,8-9H2,(H,22,24)/t11-,14-,16-,17+/m1/s1. The van der Waals surface area contributed by atoms with E-state index in [1.807, 2.05) is 0 Å². The van der Waals surface area contributed by atoms with Crippen LogP contribution in [0, 0.1) is 0 Å². The molecule has 7 nitrogen and oxygen atoms in total. The summed E-state index contributed by atoms with van der Waals surface area (Å²) in [4.78, 5) is 0. The van der Waals surface area contributed by atoms with Crippen LogP contribution in [0.4, 0.5) is 5.82 Å². The Kier molecular flexibility index (Phi) is 4.63. The van der Waals surface area contributed by atoms with E-state index in [4.69, 9.17) is 21.1 Å². The first-order valence-electron chi connectivity index (χ1n) is 9.66. The van der Waals surface area contributed by atoms with Crippen molar-refractivity contribution in [1.82, 2.24) is 10.2 Å². The highest BCUT2D eigenvalue weighted by Crippen LogP contribution is 2.47. The number of anilines is 1. The number of nitrogens with one attached hydrogen (secondary N) is 1. The smallest absolute Gasteiger partial charge is 0.155 e. The largest absolute Gasteiger partial charge is 0.507 e. The second kappa shape index (κ2) is 7.15. The summed E-state index contributed by atoms with van der Waals surface area (Å²) in [5.74, 6) is 0.743. The van der Waals surface area contributed by atoms with E-state index in [0.29, 0.717) is 41.7 Å². The molecule has 3 aliphatic heterocycles. The predicted molar refractivity (Wildman–Crippen MR) is 104 cm³/mol. The molecule has 3 aliphatic rings. The number of benzene rings is 1. The van der Waals surface area contributed by atoms with E-state index in [0.717, 1.165) is 30.4 Å². The zero-order valence-corrected chi connectivity index (χ0v) is 16.0. The summed E-state index contributed by atoms with van der Waals surface area (Å²) in [6.07, 6.45) is 2.88. The van der Waals surface area contributed by atoms with Crippen molar-refractivity contribution in [3.8, 4) is 17.0 Å². The molecule has 2 bridgehead atoms. The minimum atomic E-state index is -0.591. The summed E-state index contributed by atoms with van der Waals surface area (Å²) in [5, 5.41) is 33.4. The number of nitrogens with zero attached hydrogens (tertiary/aromatic N) is 2. The van der Waals surface area contributed by atoms with Crippen molar-refractivity contribution >= 4 is 17.4 Å². The minimum absolute atomic E-state index is 0.0445. The normalized spacial score (nSPS) is 28.8. The van der Waals surface area contributed by atoms with Gasteiger partial charge >= 0.3 is 0 Å². The van der Waals surface area contributed by atoms with Gasteiger partial charge in [-0.05, 0) is 43.0 Å². The lowest BCUT2D eigenvalue weighted by atomic mass is 9.93. The number of phenolic OH excluding ortho intramolecular Hbond substituents is 1. The highest BCUT2D eigenvalue weighted by atomic mass is 35.5. The third kappa shape index (κ3) is 3.12. The first kappa shape index (κ1) is 18.1. The van der Waals surface area contributed by atoms with E-state index in [-0.39, 0.29) is 24.0 Å². The summed E-state index contributed by atoms with van der Waals surface area (Å²) in [7, 11) is 0. The molecule has 28 heavy (non-hydrogen) atoms. The highest BCUT2D eigenvalue weighted by molar-refractivity contribution is 6.30. The highest BCUT2D eigenvalue weighted by Gasteiger charge is 2.39. The number of aliphatic hydroxyl groups excluding tert-OH is 1. The lowest BCUT2D eigenvalue weighted by Gasteiger charge is -2.32. The molecule has 1 aromatic heterocycles. The summed E-state index contributed by atoms with van der Waals surface area (Å²) < 4.78 is 11.5. The Morgan fingerprint density at radius 1 is 1.18 bits per heavy atom. The second-order valence-electron chi connectivity index (χ2n) is 7.66. The number of fused-ring (bicyclic) bond motifs is 4. The zero-order chi connectivity index (χ0) is 19.3. The third-order valence-electron chi connectivity index (χ3n) is 5.84. The Morgan fingerprint density at radius 3 is 2.89 bits per heavy atom. The number of aromatic nitrogens is 2. The van der Waals surface area contributed by atoms with Gasteiger partial charge in [0.1, 0.15) is 11.4 Å². The van der Waals surface area contributed by atoms with Crippen LogP contribution in [0.1, 0.15) is 36.5 Å². The van der Waals surface area contributed by atoms with E-state index >= 15 is 0 Å². The molecule has 2 saturated heterocycles. The Morgan fingerprint density at radius 2 is 2.07 bits per heavy atom.